The van der Waals surface area contributed by atoms with E-state index < -0.39 is 12.0 Å². The summed E-state index contributed by atoms with van der Waals surface area (Å²) >= 11 is 1.52. The van der Waals surface area contributed by atoms with Gasteiger partial charge in [0.05, 0.1) is 11.8 Å². The maximum atomic E-state index is 12.3. The van der Waals surface area contributed by atoms with E-state index in [1.165, 1.54) is 11.8 Å². The first-order valence-corrected chi connectivity index (χ1v) is 7.95. The van der Waals surface area contributed by atoms with Gasteiger partial charge >= 0.3 is 5.97 Å². The SMILES string of the molecule is CSCCC(C(=O)O)N1C(=O)C2CC(C)CC2C1=O. The van der Waals surface area contributed by atoms with E-state index in [-0.39, 0.29) is 23.7 Å². The molecule has 3 unspecified atom stereocenters. The first-order valence-electron chi connectivity index (χ1n) is 6.56. The minimum Gasteiger partial charge on any atom is -0.480 e. The number of carbonyl (C=O) groups is 3. The van der Waals surface area contributed by atoms with Gasteiger partial charge in [-0.15, -0.1) is 0 Å². The molecule has 0 bridgehead atoms. The maximum absolute atomic E-state index is 12.3. The van der Waals surface area contributed by atoms with E-state index in [0.717, 1.165) is 4.90 Å². The van der Waals surface area contributed by atoms with Crippen LogP contribution in [0.4, 0.5) is 0 Å². The van der Waals surface area contributed by atoms with Crippen molar-refractivity contribution in [3.05, 3.63) is 0 Å². The quantitative estimate of drug-likeness (QED) is 0.769. The average molecular weight is 285 g/mol. The predicted molar refractivity (Wildman–Crippen MR) is 71.7 cm³/mol. The number of amides is 2. The van der Waals surface area contributed by atoms with Gasteiger partial charge in [0.1, 0.15) is 6.04 Å². The van der Waals surface area contributed by atoms with Gasteiger partial charge in [-0.1, -0.05) is 6.92 Å². The lowest BCUT2D eigenvalue weighted by molar-refractivity contribution is -0.155. The molecular weight excluding hydrogens is 266 g/mol. The summed E-state index contributed by atoms with van der Waals surface area (Å²) in [4.78, 5) is 36.9. The molecule has 0 spiro atoms. The van der Waals surface area contributed by atoms with Crippen LogP contribution in [0.25, 0.3) is 0 Å². The summed E-state index contributed by atoms with van der Waals surface area (Å²) in [7, 11) is 0. The Bertz CT molecular complexity index is 387. The molecule has 2 aliphatic rings. The molecule has 0 aromatic rings. The Hall–Kier alpha value is -1.04. The van der Waals surface area contributed by atoms with Crippen LogP contribution >= 0.6 is 11.8 Å². The van der Waals surface area contributed by atoms with Gasteiger partial charge in [0, 0.05) is 0 Å². The van der Waals surface area contributed by atoms with Crippen LogP contribution in [0, 0.1) is 17.8 Å². The number of imide groups is 1. The number of rotatable bonds is 5. The van der Waals surface area contributed by atoms with Crippen molar-refractivity contribution in [2.75, 3.05) is 12.0 Å². The monoisotopic (exact) mass is 285 g/mol. The van der Waals surface area contributed by atoms with E-state index in [0.29, 0.717) is 30.9 Å². The van der Waals surface area contributed by atoms with Crippen LogP contribution in [0.15, 0.2) is 0 Å². The third-order valence-electron chi connectivity index (χ3n) is 4.10. The van der Waals surface area contributed by atoms with Crippen LogP contribution in [0.3, 0.4) is 0 Å². The largest absolute Gasteiger partial charge is 0.480 e. The van der Waals surface area contributed by atoms with E-state index in [1.54, 1.807) is 0 Å². The molecule has 3 atom stereocenters. The van der Waals surface area contributed by atoms with Gasteiger partial charge in [-0.3, -0.25) is 14.5 Å². The summed E-state index contributed by atoms with van der Waals surface area (Å²) in [5.74, 6) is -1.18. The van der Waals surface area contributed by atoms with E-state index in [9.17, 15) is 19.5 Å². The zero-order valence-corrected chi connectivity index (χ0v) is 12.0. The lowest BCUT2D eigenvalue weighted by atomic mass is 10.00. The highest BCUT2D eigenvalue weighted by molar-refractivity contribution is 7.98. The van der Waals surface area contributed by atoms with E-state index in [2.05, 4.69) is 0 Å². The minimum absolute atomic E-state index is 0.271. The highest BCUT2D eigenvalue weighted by Gasteiger charge is 2.54. The molecule has 1 heterocycles. The summed E-state index contributed by atoms with van der Waals surface area (Å²) in [5.41, 5.74) is 0. The van der Waals surface area contributed by atoms with Gasteiger partial charge in [0.25, 0.3) is 0 Å². The number of hydrogen-bond acceptors (Lipinski definition) is 4. The highest BCUT2D eigenvalue weighted by Crippen LogP contribution is 2.43. The molecule has 19 heavy (non-hydrogen) atoms. The van der Waals surface area contributed by atoms with Gasteiger partial charge in [0.15, 0.2) is 0 Å². The normalized spacial score (nSPS) is 31.7. The standard InChI is InChI=1S/C13H19NO4S/c1-7-5-8-9(6-7)12(16)14(11(8)15)10(13(17)18)3-4-19-2/h7-10H,3-6H2,1-2H3,(H,17,18). The number of carboxylic acids is 1. The molecule has 1 saturated carbocycles. The van der Waals surface area contributed by atoms with Gasteiger partial charge < -0.3 is 5.11 Å². The fourth-order valence-electron chi connectivity index (χ4n) is 3.20. The van der Waals surface area contributed by atoms with Crippen molar-refractivity contribution >= 4 is 29.5 Å². The zero-order chi connectivity index (χ0) is 14.2. The first-order chi connectivity index (χ1) is 8.97. The van der Waals surface area contributed by atoms with Gasteiger partial charge in [-0.05, 0) is 37.2 Å². The molecule has 6 heteroatoms. The number of aliphatic carboxylic acids is 1. The molecule has 0 radical (unpaired) electrons. The van der Waals surface area contributed by atoms with Crippen molar-refractivity contribution in [2.45, 2.75) is 32.2 Å². The van der Waals surface area contributed by atoms with Crippen molar-refractivity contribution in [3.8, 4) is 0 Å². The summed E-state index contributed by atoms with van der Waals surface area (Å²) in [6, 6.07) is -0.992. The predicted octanol–water partition coefficient (Wildman–Crippen LogP) is 1.22. The number of carboxylic acid groups (broad SMARTS) is 1. The second-order valence-corrected chi connectivity index (χ2v) is 6.46. The molecule has 2 rings (SSSR count). The van der Waals surface area contributed by atoms with Crippen LogP contribution in [-0.4, -0.2) is 45.8 Å². The molecule has 2 amide bonds. The van der Waals surface area contributed by atoms with Crippen LogP contribution < -0.4 is 0 Å². The topological polar surface area (TPSA) is 74.7 Å². The summed E-state index contributed by atoms with van der Waals surface area (Å²) in [5, 5.41) is 9.26. The molecular formula is C13H19NO4S. The van der Waals surface area contributed by atoms with Crippen LogP contribution in [0.2, 0.25) is 0 Å². The molecule has 5 nitrogen and oxygen atoms in total. The Labute approximate surface area is 116 Å². The second kappa shape index (κ2) is 5.53. The second-order valence-electron chi connectivity index (χ2n) is 5.47. The molecule has 1 aliphatic heterocycles. The summed E-state index contributed by atoms with van der Waals surface area (Å²) in [6.07, 6.45) is 3.62. The Kier molecular flexibility index (Phi) is 4.18. The van der Waals surface area contributed by atoms with Gasteiger partial charge in [-0.25, -0.2) is 4.79 Å². The lowest BCUT2D eigenvalue weighted by Crippen LogP contribution is -2.46. The molecule has 0 aromatic heterocycles. The summed E-state index contributed by atoms with van der Waals surface area (Å²) < 4.78 is 0. The molecule has 1 N–H and O–H groups in total. The Morgan fingerprint density at radius 3 is 2.32 bits per heavy atom. The zero-order valence-electron chi connectivity index (χ0n) is 11.2. The van der Waals surface area contributed by atoms with Crippen molar-refractivity contribution < 1.29 is 19.5 Å². The third-order valence-corrected chi connectivity index (χ3v) is 4.74. The number of carbonyl (C=O) groups excluding carboxylic acids is 2. The molecule has 106 valence electrons. The number of fused-ring (bicyclic) bond motifs is 1. The summed E-state index contributed by atoms with van der Waals surface area (Å²) in [6.45, 7) is 2.03. The van der Waals surface area contributed by atoms with Crippen molar-refractivity contribution in [1.29, 1.82) is 0 Å². The van der Waals surface area contributed by atoms with E-state index in [4.69, 9.17) is 0 Å². The number of thioether (sulfide) groups is 1. The fourth-order valence-corrected chi connectivity index (χ4v) is 3.66. The van der Waals surface area contributed by atoms with E-state index >= 15 is 0 Å². The molecule has 1 saturated heterocycles. The first kappa shape index (κ1) is 14.4. The van der Waals surface area contributed by atoms with Crippen molar-refractivity contribution in [3.63, 3.8) is 0 Å². The lowest BCUT2D eigenvalue weighted by Gasteiger charge is -2.24. The van der Waals surface area contributed by atoms with E-state index in [1.807, 2.05) is 13.2 Å². The third kappa shape index (κ3) is 2.50. The smallest absolute Gasteiger partial charge is 0.326 e. The van der Waals surface area contributed by atoms with Crippen LogP contribution in [-0.2, 0) is 14.4 Å². The molecule has 2 fully saturated rings. The number of hydrogen-bond donors (Lipinski definition) is 1. The highest BCUT2D eigenvalue weighted by atomic mass is 32.2. The van der Waals surface area contributed by atoms with Gasteiger partial charge in [0.2, 0.25) is 11.8 Å². The maximum Gasteiger partial charge on any atom is 0.326 e. The average Bonchev–Trinajstić information content (AvgIpc) is 2.82. The van der Waals surface area contributed by atoms with Crippen molar-refractivity contribution in [2.24, 2.45) is 17.8 Å². The Balaban J connectivity index is 2.18. The minimum atomic E-state index is -1.08. The Morgan fingerprint density at radius 1 is 1.37 bits per heavy atom. The number of likely N-dealkylation sites (tertiary alicyclic amines) is 1. The van der Waals surface area contributed by atoms with Crippen LogP contribution in [0.1, 0.15) is 26.2 Å². The molecule has 0 aromatic carbocycles. The van der Waals surface area contributed by atoms with Crippen molar-refractivity contribution in [1.82, 2.24) is 4.90 Å². The Morgan fingerprint density at radius 2 is 1.89 bits per heavy atom. The van der Waals surface area contributed by atoms with Crippen LogP contribution in [0.5, 0.6) is 0 Å². The number of nitrogens with zero attached hydrogens (tertiary/aromatic N) is 1. The molecule has 1 aliphatic carbocycles. The van der Waals surface area contributed by atoms with Gasteiger partial charge in [-0.2, -0.15) is 11.8 Å². The fraction of sp³-hybridized carbons (Fsp3) is 0.769.